The highest BCUT2D eigenvalue weighted by molar-refractivity contribution is 5.89. The van der Waals surface area contributed by atoms with Gasteiger partial charge in [-0.05, 0) is 50.3 Å². The fourth-order valence-corrected chi connectivity index (χ4v) is 2.83. The molecule has 0 aromatic heterocycles. The summed E-state index contributed by atoms with van der Waals surface area (Å²) in [5, 5.41) is 11.9. The molecule has 4 N–H and O–H groups in total. The van der Waals surface area contributed by atoms with Crippen molar-refractivity contribution in [3.63, 3.8) is 0 Å². The average Bonchev–Trinajstić information content (AvgIpc) is 2.93. The monoisotopic (exact) mass is 291 g/mol. The highest BCUT2D eigenvalue weighted by Crippen LogP contribution is 2.23. The smallest absolute Gasteiger partial charge is 0.322 e. The predicted molar refractivity (Wildman–Crippen MR) is 84.1 cm³/mol. The lowest BCUT2D eigenvalue weighted by atomic mass is 10.1. The number of amides is 2. The van der Waals surface area contributed by atoms with Gasteiger partial charge in [0.1, 0.15) is 0 Å². The van der Waals surface area contributed by atoms with Crippen LogP contribution in [0.1, 0.15) is 44.2 Å². The van der Waals surface area contributed by atoms with E-state index in [4.69, 9.17) is 10.8 Å². The Morgan fingerprint density at radius 3 is 3.10 bits per heavy atom. The third kappa shape index (κ3) is 4.19. The maximum atomic E-state index is 12.4. The first-order valence-corrected chi connectivity index (χ1v) is 7.66. The van der Waals surface area contributed by atoms with E-state index in [-0.39, 0.29) is 24.7 Å². The minimum Gasteiger partial charge on any atom is -0.396 e. The minimum atomic E-state index is -0.0581. The molecule has 0 spiro atoms. The molecular formula is C16H25N3O2. The van der Waals surface area contributed by atoms with E-state index < -0.39 is 0 Å². The first kappa shape index (κ1) is 15.8. The van der Waals surface area contributed by atoms with Crippen LogP contribution in [-0.2, 0) is 0 Å². The zero-order valence-electron chi connectivity index (χ0n) is 12.6. The number of rotatable bonds is 5. The van der Waals surface area contributed by atoms with Gasteiger partial charge in [0.25, 0.3) is 0 Å². The molecule has 2 unspecified atom stereocenters. The van der Waals surface area contributed by atoms with Gasteiger partial charge in [-0.15, -0.1) is 0 Å². The molecule has 21 heavy (non-hydrogen) atoms. The summed E-state index contributed by atoms with van der Waals surface area (Å²) in [5.41, 5.74) is 7.65. The molecule has 2 atom stereocenters. The predicted octanol–water partition coefficient (Wildman–Crippen LogP) is 2.48. The quantitative estimate of drug-likeness (QED) is 0.780. The van der Waals surface area contributed by atoms with E-state index >= 15 is 0 Å². The molecule has 1 aliphatic heterocycles. The summed E-state index contributed by atoms with van der Waals surface area (Å²) < 4.78 is 0. The molecule has 1 fully saturated rings. The molecule has 0 aliphatic carbocycles. The lowest BCUT2D eigenvalue weighted by Crippen LogP contribution is -2.38. The van der Waals surface area contributed by atoms with Crippen LogP contribution in [0.25, 0.3) is 0 Å². The molecule has 1 saturated heterocycles. The van der Waals surface area contributed by atoms with Crippen LogP contribution in [0.4, 0.5) is 10.5 Å². The Bertz CT molecular complexity index is 476. The van der Waals surface area contributed by atoms with Gasteiger partial charge in [-0.2, -0.15) is 0 Å². The van der Waals surface area contributed by atoms with Crippen LogP contribution >= 0.6 is 0 Å². The zero-order valence-corrected chi connectivity index (χ0v) is 12.6. The molecule has 1 heterocycles. The molecule has 5 heteroatoms. The number of aliphatic hydroxyl groups excluding tert-OH is 1. The van der Waals surface area contributed by atoms with Crippen LogP contribution in [0.2, 0.25) is 0 Å². The van der Waals surface area contributed by atoms with Gasteiger partial charge in [-0.3, -0.25) is 0 Å². The average molecular weight is 291 g/mol. The van der Waals surface area contributed by atoms with Crippen LogP contribution in [0.3, 0.4) is 0 Å². The zero-order chi connectivity index (χ0) is 15.2. The largest absolute Gasteiger partial charge is 0.396 e. The van der Waals surface area contributed by atoms with Gasteiger partial charge in [0.2, 0.25) is 0 Å². The van der Waals surface area contributed by atoms with Crippen LogP contribution in [0.15, 0.2) is 24.3 Å². The Labute approximate surface area is 126 Å². The van der Waals surface area contributed by atoms with Gasteiger partial charge in [0.15, 0.2) is 0 Å². The summed E-state index contributed by atoms with van der Waals surface area (Å²) in [7, 11) is 0. The molecule has 1 aromatic rings. The molecule has 0 radical (unpaired) electrons. The number of nitrogens with zero attached hydrogens (tertiary/aromatic N) is 1. The van der Waals surface area contributed by atoms with Crippen molar-refractivity contribution in [1.82, 2.24) is 4.90 Å². The Balaban J connectivity index is 1.98. The summed E-state index contributed by atoms with van der Waals surface area (Å²) in [6.45, 7) is 2.89. The van der Waals surface area contributed by atoms with Crippen molar-refractivity contribution < 1.29 is 9.90 Å². The van der Waals surface area contributed by atoms with Crippen molar-refractivity contribution in [2.45, 2.75) is 44.7 Å². The SMILES string of the molecule is CC(N)c1cccc(NC(=O)N2CCCC2CCCO)c1. The van der Waals surface area contributed by atoms with Crippen molar-refractivity contribution in [3.05, 3.63) is 29.8 Å². The lowest BCUT2D eigenvalue weighted by Gasteiger charge is -2.25. The number of benzene rings is 1. The number of hydrogen-bond acceptors (Lipinski definition) is 3. The van der Waals surface area contributed by atoms with Crippen molar-refractivity contribution in [2.75, 3.05) is 18.5 Å². The van der Waals surface area contributed by atoms with Gasteiger partial charge < -0.3 is 21.1 Å². The first-order chi connectivity index (χ1) is 10.1. The molecule has 2 amide bonds. The van der Waals surface area contributed by atoms with Gasteiger partial charge in [0, 0.05) is 30.9 Å². The van der Waals surface area contributed by atoms with Crippen molar-refractivity contribution in [3.8, 4) is 0 Å². The van der Waals surface area contributed by atoms with E-state index in [1.807, 2.05) is 36.1 Å². The Morgan fingerprint density at radius 2 is 2.38 bits per heavy atom. The summed E-state index contributed by atoms with van der Waals surface area (Å²) in [5.74, 6) is 0. The topological polar surface area (TPSA) is 78.6 Å². The van der Waals surface area contributed by atoms with Crippen LogP contribution in [0, 0.1) is 0 Å². The summed E-state index contributed by atoms with van der Waals surface area (Å²) >= 11 is 0. The van der Waals surface area contributed by atoms with Crippen LogP contribution in [0.5, 0.6) is 0 Å². The molecule has 1 aliphatic rings. The first-order valence-electron chi connectivity index (χ1n) is 7.66. The van der Waals surface area contributed by atoms with Crippen molar-refractivity contribution in [1.29, 1.82) is 0 Å². The molecule has 0 bridgehead atoms. The second-order valence-electron chi connectivity index (χ2n) is 5.70. The standard InChI is InChI=1S/C16H25N3O2/c1-12(17)13-5-2-6-14(11-13)18-16(21)19-9-3-7-15(19)8-4-10-20/h2,5-6,11-12,15,20H,3-4,7-10,17H2,1H3,(H,18,21). The molecule has 5 nitrogen and oxygen atoms in total. The highest BCUT2D eigenvalue weighted by atomic mass is 16.3. The molecule has 0 saturated carbocycles. The number of aliphatic hydroxyl groups is 1. The number of carbonyl (C=O) groups excluding carboxylic acids is 1. The molecular weight excluding hydrogens is 266 g/mol. The second kappa shape index (κ2) is 7.43. The third-order valence-corrected chi connectivity index (χ3v) is 4.00. The summed E-state index contributed by atoms with van der Waals surface area (Å²) in [6.07, 6.45) is 3.66. The summed E-state index contributed by atoms with van der Waals surface area (Å²) in [4.78, 5) is 14.3. The van der Waals surface area contributed by atoms with Gasteiger partial charge in [-0.25, -0.2) is 4.79 Å². The number of hydrogen-bond donors (Lipinski definition) is 3. The Hall–Kier alpha value is -1.59. The number of nitrogens with two attached hydrogens (primary N) is 1. The van der Waals surface area contributed by atoms with Crippen LogP contribution in [-0.4, -0.2) is 35.2 Å². The summed E-state index contributed by atoms with van der Waals surface area (Å²) in [6, 6.07) is 7.79. The maximum Gasteiger partial charge on any atom is 0.322 e. The van der Waals surface area contributed by atoms with Crippen molar-refractivity contribution >= 4 is 11.7 Å². The highest BCUT2D eigenvalue weighted by Gasteiger charge is 2.28. The molecule has 2 rings (SSSR count). The number of urea groups is 1. The Kier molecular flexibility index (Phi) is 5.59. The van der Waals surface area contributed by atoms with Gasteiger partial charge in [-0.1, -0.05) is 12.1 Å². The number of likely N-dealkylation sites (tertiary alicyclic amines) is 1. The van der Waals surface area contributed by atoms with E-state index in [0.29, 0.717) is 0 Å². The third-order valence-electron chi connectivity index (χ3n) is 4.00. The number of carbonyl (C=O) groups is 1. The number of anilines is 1. The number of nitrogens with one attached hydrogen (secondary N) is 1. The van der Waals surface area contributed by atoms with Gasteiger partial charge in [0.05, 0.1) is 0 Å². The fourth-order valence-electron chi connectivity index (χ4n) is 2.83. The van der Waals surface area contributed by atoms with Crippen molar-refractivity contribution in [2.24, 2.45) is 5.73 Å². The maximum absolute atomic E-state index is 12.4. The minimum absolute atomic E-state index is 0.0501. The fraction of sp³-hybridized carbons (Fsp3) is 0.562. The van der Waals surface area contributed by atoms with E-state index in [1.54, 1.807) is 0 Å². The van der Waals surface area contributed by atoms with Gasteiger partial charge >= 0.3 is 6.03 Å². The molecule has 1 aromatic carbocycles. The lowest BCUT2D eigenvalue weighted by molar-refractivity contribution is 0.197. The normalized spacial score (nSPS) is 19.6. The second-order valence-corrected chi connectivity index (χ2v) is 5.70. The van der Waals surface area contributed by atoms with E-state index in [9.17, 15) is 4.79 Å². The molecule has 116 valence electrons. The van der Waals surface area contributed by atoms with E-state index in [0.717, 1.165) is 43.5 Å². The Morgan fingerprint density at radius 1 is 1.57 bits per heavy atom. The van der Waals surface area contributed by atoms with Crippen LogP contribution < -0.4 is 11.1 Å². The van der Waals surface area contributed by atoms with E-state index in [1.165, 1.54) is 0 Å². The van der Waals surface area contributed by atoms with E-state index in [2.05, 4.69) is 5.32 Å².